The van der Waals surface area contributed by atoms with Crippen LogP contribution in [0, 0.1) is 0 Å². The molecule has 0 N–H and O–H groups in total. The molecule has 1 aromatic rings. The number of methoxy groups -OCH3 is 1. The van der Waals surface area contributed by atoms with Gasteiger partial charge in [0.1, 0.15) is 0 Å². The molecular weight excluding hydrogens is 234 g/mol. The molecule has 0 amide bonds. The number of aryl methyl sites for hydroxylation is 1. The lowest BCUT2D eigenvalue weighted by Gasteiger charge is -2.01. The zero-order valence-corrected chi connectivity index (χ0v) is 9.08. The average Bonchev–Trinajstić information content (AvgIpc) is 2.51. The molecule has 0 saturated heterocycles. The van der Waals surface area contributed by atoms with E-state index in [1.54, 1.807) is 0 Å². The van der Waals surface area contributed by atoms with Crippen LogP contribution in [0.2, 0.25) is 0 Å². The topological polar surface area (TPSA) is 31.2 Å². The second-order valence-electron chi connectivity index (χ2n) is 2.75. The van der Waals surface area contributed by atoms with E-state index in [9.17, 15) is 4.79 Å². The fraction of sp³-hybridized carbons (Fsp3) is 0.444. The molecule has 1 rings (SSSR count). The van der Waals surface area contributed by atoms with Gasteiger partial charge in [-0.05, 0) is 28.4 Å². The smallest absolute Gasteiger partial charge is 0.305 e. The van der Waals surface area contributed by atoms with Crippen LogP contribution in [0.25, 0.3) is 0 Å². The maximum absolute atomic E-state index is 10.8. The maximum Gasteiger partial charge on any atom is 0.305 e. The van der Waals surface area contributed by atoms with E-state index < -0.39 is 0 Å². The highest BCUT2D eigenvalue weighted by Crippen LogP contribution is 2.09. The van der Waals surface area contributed by atoms with E-state index in [-0.39, 0.29) is 5.97 Å². The minimum atomic E-state index is -0.147. The van der Waals surface area contributed by atoms with Gasteiger partial charge in [-0.3, -0.25) is 4.79 Å². The van der Waals surface area contributed by atoms with Crippen molar-refractivity contribution < 1.29 is 9.53 Å². The van der Waals surface area contributed by atoms with Crippen LogP contribution in [-0.4, -0.2) is 17.6 Å². The van der Waals surface area contributed by atoms with Gasteiger partial charge < -0.3 is 9.30 Å². The maximum atomic E-state index is 10.8. The van der Waals surface area contributed by atoms with Crippen molar-refractivity contribution in [1.82, 2.24) is 4.57 Å². The Morgan fingerprint density at radius 2 is 2.46 bits per heavy atom. The molecule has 13 heavy (non-hydrogen) atoms. The van der Waals surface area contributed by atoms with Crippen molar-refractivity contribution in [1.29, 1.82) is 0 Å². The zero-order chi connectivity index (χ0) is 9.68. The molecule has 0 aromatic carbocycles. The lowest BCUT2D eigenvalue weighted by Crippen LogP contribution is -2.02. The highest BCUT2D eigenvalue weighted by Gasteiger charge is 1.99. The molecule has 0 saturated carbocycles. The first-order chi connectivity index (χ1) is 6.22. The summed E-state index contributed by atoms with van der Waals surface area (Å²) in [5, 5.41) is 0. The second kappa shape index (κ2) is 5.07. The molecule has 0 fully saturated rings. The monoisotopic (exact) mass is 245 g/mol. The molecule has 1 heterocycles. The first-order valence-electron chi connectivity index (χ1n) is 4.10. The van der Waals surface area contributed by atoms with Crippen LogP contribution in [0.3, 0.4) is 0 Å². The van der Waals surface area contributed by atoms with Crippen LogP contribution < -0.4 is 0 Å². The first kappa shape index (κ1) is 10.3. The molecule has 0 aliphatic carbocycles. The molecule has 0 bridgehead atoms. The Labute approximate surface area is 85.8 Å². The number of rotatable bonds is 4. The summed E-state index contributed by atoms with van der Waals surface area (Å²) in [7, 11) is 1.41. The van der Waals surface area contributed by atoms with Crippen LogP contribution in [0.1, 0.15) is 12.8 Å². The van der Waals surface area contributed by atoms with Gasteiger partial charge in [-0.25, -0.2) is 0 Å². The van der Waals surface area contributed by atoms with E-state index in [1.807, 2.05) is 23.0 Å². The van der Waals surface area contributed by atoms with Crippen LogP contribution in [0.15, 0.2) is 22.9 Å². The van der Waals surface area contributed by atoms with E-state index in [1.165, 1.54) is 7.11 Å². The van der Waals surface area contributed by atoms with E-state index >= 15 is 0 Å². The molecule has 0 spiro atoms. The molecule has 1 aromatic heterocycles. The molecule has 3 nitrogen and oxygen atoms in total. The average molecular weight is 246 g/mol. The minimum absolute atomic E-state index is 0.147. The predicted molar refractivity (Wildman–Crippen MR) is 53.4 cm³/mol. The second-order valence-corrected chi connectivity index (χ2v) is 3.66. The highest BCUT2D eigenvalue weighted by molar-refractivity contribution is 9.10. The third kappa shape index (κ3) is 3.63. The van der Waals surface area contributed by atoms with Crippen molar-refractivity contribution in [2.45, 2.75) is 19.4 Å². The Bertz CT molecular complexity index is 283. The number of aromatic nitrogens is 1. The van der Waals surface area contributed by atoms with Crippen molar-refractivity contribution >= 4 is 21.9 Å². The normalized spacial score (nSPS) is 10.0. The largest absolute Gasteiger partial charge is 0.469 e. The third-order valence-electron chi connectivity index (χ3n) is 1.74. The molecule has 0 atom stereocenters. The Morgan fingerprint density at radius 1 is 1.69 bits per heavy atom. The van der Waals surface area contributed by atoms with Gasteiger partial charge in [-0.15, -0.1) is 0 Å². The van der Waals surface area contributed by atoms with Crippen molar-refractivity contribution in [2.24, 2.45) is 0 Å². The Morgan fingerprint density at radius 3 is 3.00 bits per heavy atom. The molecule has 4 heteroatoms. The van der Waals surface area contributed by atoms with Crippen LogP contribution in [0.5, 0.6) is 0 Å². The summed E-state index contributed by atoms with van der Waals surface area (Å²) in [6.07, 6.45) is 5.25. The third-order valence-corrected chi connectivity index (χ3v) is 2.21. The quantitative estimate of drug-likeness (QED) is 0.762. The van der Waals surface area contributed by atoms with Crippen molar-refractivity contribution in [2.75, 3.05) is 7.11 Å². The molecular formula is C9H12BrNO2. The predicted octanol–water partition coefficient (Wildman–Crippen LogP) is 2.20. The SMILES string of the molecule is COC(=O)CCCn1ccc(Br)c1. The van der Waals surface area contributed by atoms with Gasteiger partial charge in [0.05, 0.1) is 7.11 Å². The van der Waals surface area contributed by atoms with Gasteiger partial charge in [0, 0.05) is 29.8 Å². The summed E-state index contributed by atoms with van der Waals surface area (Å²) in [5.41, 5.74) is 0. The Balaban J connectivity index is 2.24. The molecule has 0 radical (unpaired) electrons. The van der Waals surface area contributed by atoms with E-state index in [2.05, 4.69) is 20.7 Å². The van der Waals surface area contributed by atoms with Crippen LogP contribution in [0.4, 0.5) is 0 Å². The van der Waals surface area contributed by atoms with Gasteiger partial charge in [0.2, 0.25) is 0 Å². The lowest BCUT2D eigenvalue weighted by atomic mass is 10.3. The van der Waals surface area contributed by atoms with Crippen molar-refractivity contribution in [3.8, 4) is 0 Å². The van der Waals surface area contributed by atoms with Gasteiger partial charge in [0.25, 0.3) is 0 Å². The van der Waals surface area contributed by atoms with Crippen molar-refractivity contribution in [3.05, 3.63) is 22.9 Å². The van der Waals surface area contributed by atoms with Crippen molar-refractivity contribution in [3.63, 3.8) is 0 Å². The number of halogens is 1. The molecule has 0 aliphatic heterocycles. The summed E-state index contributed by atoms with van der Waals surface area (Å²) in [6.45, 7) is 0.848. The Kier molecular flexibility index (Phi) is 4.02. The number of nitrogens with zero attached hydrogens (tertiary/aromatic N) is 1. The van der Waals surface area contributed by atoms with Gasteiger partial charge in [-0.1, -0.05) is 0 Å². The summed E-state index contributed by atoms with van der Waals surface area (Å²) in [5.74, 6) is -0.147. The van der Waals surface area contributed by atoms with Gasteiger partial charge in [-0.2, -0.15) is 0 Å². The molecule has 0 unspecified atom stereocenters. The molecule has 72 valence electrons. The summed E-state index contributed by atoms with van der Waals surface area (Å²) >= 11 is 3.35. The van der Waals surface area contributed by atoms with Crippen LogP contribution in [-0.2, 0) is 16.1 Å². The fourth-order valence-electron chi connectivity index (χ4n) is 1.06. The van der Waals surface area contributed by atoms with Crippen LogP contribution >= 0.6 is 15.9 Å². The van der Waals surface area contributed by atoms with E-state index in [0.717, 1.165) is 17.4 Å². The van der Waals surface area contributed by atoms with Gasteiger partial charge >= 0.3 is 5.97 Å². The van der Waals surface area contributed by atoms with E-state index in [0.29, 0.717) is 6.42 Å². The number of carbonyl (C=O) groups excluding carboxylic acids is 1. The lowest BCUT2D eigenvalue weighted by molar-refractivity contribution is -0.140. The fourth-order valence-corrected chi connectivity index (χ4v) is 1.44. The first-order valence-corrected chi connectivity index (χ1v) is 4.90. The summed E-state index contributed by atoms with van der Waals surface area (Å²) in [6, 6.07) is 1.97. The number of ether oxygens (including phenoxy) is 1. The number of hydrogen-bond acceptors (Lipinski definition) is 2. The molecule has 0 aliphatic rings. The van der Waals surface area contributed by atoms with Gasteiger partial charge in [0.15, 0.2) is 0 Å². The summed E-state index contributed by atoms with van der Waals surface area (Å²) < 4.78 is 7.63. The van der Waals surface area contributed by atoms with E-state index in [4.69, 9.17) is 0 Å². The number of carbonyl (C=O) groups is 1. The number of esters is 1. The Hall–Kier alpha value is -0.770. The summed E-state index contributed by atoms with van der Waals surface area (Å²) in [4.78, 5) is 10.8. The standard InChI is InChI=1S/C9H12BrNO2/c1-13-9(12)3-2-5-11-6-4-8(10)7-11/h4,6-7H,2-3,5H2,1H3. The highest BCUT2D eigenvalue weighted by atomic mass is 79.9. The minimum Gasteiger partial charge on any atom is -0.469 e. The number of hydrogen-bond donors (Lipinski definition) is 0. The zero-order valence-electron chi connectivity index (χ0n) is 7.50.